The van der Waals surface area contributed by atoms with Gasteiger partial charge in [-0.15, -0.1) is 11.3 Å². The number of rotatable bonds is 8. The number of aliphatic carboxylic acids is 1. The van der Waals surface area contributed by atoms with Crippen LogP contribution in [0.25, 0.3) is 0 Å². The molecule has 0 fully saturated rings. The molecule has 100 valence electrons. The molecular weight excluding hydrogens is 250 g/mol. The number of carboxylic acids is 1. The van der Waals surface area contributed by atoms with Gasteiger partial charge >= 0.3 is 5.97 Å². The maximum atomic E-state index is 11.9. The zero-order chi connectivity index (χ0) is 13.4. The number of nitrogens with zero attached hydrogens (tertiary/aromatic N) is 1. The third-order valence-electron chi connectivity index (χ3n) is 2.57. The van der Waals surface area contributed by atoms with Gasteiger partial charge in [-0.2, -0.15) is 0 Å². The molecule has 1 aromatic rings. The Morgan fingerprint density at radius 1 is 1.44 bits per heavy atom. The molecule has 1 heterocycles. The Kier molecular flexibility index (Phi) is 6.43. The molecule has 0 aliphatic carbocycles. The summed E-state index contributed by atoms with van der Waals surface area (Å²) >= 11 is 1.68. The fourth-order valence-electron chi connectivity index (χ4n) is 1.75. The van der Waals surface area contributed by atoms with Gasteiger partial charge in [-0.3, -0.25) is 9.59 Å². The summed E-state index contributed by atoms with van der Waals surface area (Å²) in [4.78, 5) is 25.2. The second-order valence-electron chi connectivity index (χ2n) is 4.14. The molecule has 0 saturated carbocycles. The maximum Gasteiger partial charge on any atom is 0.323 e. The van der Waals surface area contributed by atoms with Gasteiger partial charge < -0.3 is 10.0 Å². The average molecular weight is 269 g/mol. The molecule has 0 aromatic carbocycles. The molecule has 0 unspecified atom stereocenters. The summed E-state index contributed by atoms with van der Waals surface area (Å²) in [6, 6.07) is 4.05. The van der Waals surface area contributed by atoms with Crippen LogP contribution in [-0.4, -0.2) is 35.0 Å². The lowest BCUT2D eigenvalue weighted by atomic mass is 10.2. The summed E-state index contributed by atoms with van der Waals surface area (Å²) in [5.74, 6) is -1.01. The Hall–Kier alpha value is -1.36. The van der Waals surface area contributed by atoms with Crippen LogP contribution in [-0.2, 0) is 16.0 Å². The monoisotopic (exact) mass is 269 g/mol. The van der Waals surface area contributed by atoms with Gasteiger partial charge in [-0.1, -0.05) is 13.0 Å². The first kappa shape index (κ1) is 14.7. The highest BCUT2D eigenvalue weighted by Crippen LogP contribution is 2.12. The highest BCUT2D eigenvalue weighted by Gasteiger charge is 2.15. The minimum atomic E-state index is -0.949. The van der Waals surface area contributed by atoms with Crippen molar-refractivity contribution >= 4 is 23.2 Å². The molecule has 0 radical (unpaired) electrons. The van der Waals surface area contributed by atoms with E-state index < -0.39 is 5.97 Å². The molecule has 5 heteroatoms. The van der Waals surface area contributed by atoms with E-state index in [9.17, 15) is 9.59 Å². The van der Waals surface area contributed by atoms with E-state index in [1.165, 1.54) is 9.78 Å². The lowest BCUT2D eigenvalue weighted by Crippen LogP contribution is -2.36. The van der Waals surface area contributed by atoms with E-state index in [0.717, 1.165) is 19.3 Å². The summed E-state index contributed by atoms with van der Waals surface area (Å²) in [6.07, 6.45) is 2.87. The Morgan fingerprint density at radius 3 is 2.78 bits per heavy atom. The van der Waals surface area contributed by atoms with E-state index in [1.54, 1.807) is 11.3 Å². The van der Waals surface area contributed by atoms with Crippen LogP contribution in [0.1, 0.15) is 31.1 Å². The van der Waals surface area contributed by atoms with E-state index >= 15 is 0 Å². The van der Waals surface area contributed by atoms with Crippen molar-refractivity contribution in [2.75, 3.05) is 13.1 Å². The fourth-order valence-corrected chi connectivity index (χ4v) is 2.50. The summed E-state index contributed by atoms with van der Waals surface area (Å²) < 4.78 is 0. The van der Waals surface area contributed by atoms with Crippen LogP contribution < -0.4 is 0 Å². The minimum Gasteiger partial charge on any atom is -0.480 e. The lowest BCUT2D eigenvalue weighted by Gasteiger charge is -2.19. The Bertz CT molecular complexity index is 376. The van der Waals surface area contributed by atoms with Crippen LogP contribution in [0, 0.1) is 0 Å². The molecule has 0 saturated heterocycles. The molecule has 0 aliphatic rings. The summed E-state index contributed by atoms with van der Waals surface area (Å²) in [5.41, 5.74) is 0. The molecular formula is C13H19NO3S. The van der Waals surface area contributed by atoms with Gasteiger partial charge in [0.25, 0.3) is 0 Å². The van der Waals surface area contributed by atoms with Crippen molar-refractivity contribution in [3.8, 4) is 0 Å². The van der Waals surface area contributed by atoms with Crippen LogP contribution in [0.3, 0.4) is 0 Å². The standard InChI is InChI=1S/C13H19NO3S/c1-2-8-14(10-13(16)17)12(15)7-3-5-11-6-4-9-18-11/h4,6,9H,2-3,5,7-8,10H2,1H3,(H,16,17). The van der Waals surface area contributed by atoms with Crippen molar-refractivity contribution in [2.24, 2.45) is 0 Å². The molecule has 4 nitrogen and oxygen atoms in total. The van der Waals surface area contributed by atoms with Crippen molar-refractivity contribution in [3.63, 3.8) is 0 Å². The fraction of sp³-hybridized carbons (Fsp3) is 0.538. The Labute approximate surface area is 111 Å². The number of hydrogen-bond donors (Lipinski definition) is 1. The summed E-state index contributed by atoms with van der Waals surface area (Å²) in [7, 11) is 0. The Morgan fingerprint density at radius 2 is 2.22 bits per heavy atom. The van der Waals surface area contributed by atoms with E-state index in [2.05, 4.69) is 6.07 Å². The van der Waals surface area contributed by atoms with Crippen molar-refractivity contribution in [2.45, 2.75) is 32.6 Å². The molecule has 1 amide bonds. The molecule has 0 spiro atoms. The first-order chi connectivity index (χ1) is 8.63. The van der Waals surface area contributed by atoms with Gasteiger partial charge in [0.2, 0.25) is 5.91 Å². The lowest BCUT2D eigenvalue weighted by molar-refractivity contribution is -0.144. The number of hydrogen-bond acceptors (Lipinski definition) is 3. The smallest absolute Gasteiger partial charge is 0.323 e. The van der Waals surface area contributed by atoms with Crippen LogP contribution in [0.4, 0.5) is 0 Å². The SMILES string of the molecule is CCCN(CC(=O)O)C(=O)CCCc1cccs1. The van der Waals surface area contributed by atoms with Gasteiger partial charge in [0.15, 0.2) is 0 Å². The first-order valence-corrected chi connectivity index (χ1v) is 7.03. The first-order valence-electron chi connectivity index (χ1n) is 6.15. The van der Waals surface area contributed by atoms with Crippen LogP contribution >= 0.6 is 11.3 Å². The minimum absolute atomic E-state index is 0.0594. The molecule has 0 aliphatic heterocycles. The van der Waals surface area contributed by atoms with Crippen molar-refractivity contribution in [1.82, 2.24) is 4.90 Å². The summed E-state index contributed by atoms with van der Waals surface area (Å²) in [6.45, 7) is 2.27. The van der Waals surface area contributed by atoms with E-state index in [1.807, 2.05) is 18.4 Å². The highest BCUT2D eigenvalue weighted by molar-refractivity contribution is 7.09. The number of carbonyl (C=O) groups excluding carboxylic acids is 1. The number of amides is 1. The highest BCUT2D eigenvalue weighted by atomic mass is 32.1. The van der Waals surface area contributed by atoms with Gasteiger partial charge in [-0.05, 0) is 30.7 Å². The second-order valence-corrected chi connectivity index (χ2v) is 5.17. The van der Waals surface area contributed by atoms with Crippen molar-refractivity contribution in [1.29, 1.82) is 0 Å². The topological polar surface area (TPSA) is 57.6 Å². The number of carboxylic acid groups (broad SMARTS) is 1. The van der Waals surface area contributed by atoms with Crippen LogP contribution in [0.15, 0.2) is 17.5 Å². The second kappa shape index (κ2) is 7.87. The molecule has 18 heavy (non-hydrogen) atoms. The predicted molar refractivity (Wildman–Crippen MR) is 71.8 cm³/mol. The number of carbonyl (C=O) groups is 2. The third-order valence-corrected chi connectivity index (χ3v) is 3.50. The van der Waals surface area contributed by atoms with E-state index in [-0.39, 0.29) is 12.5 Å². The molecule has 1 rings (SSSR count). The molecule has 1 N–H and O–H groups in total. The Balaban J connectivity index is 2.34. The molecule has 0 bridgehead atoms. The molecule has 1 aromatic heterocycles. The van der Waals surface area contributed by atoms with Crippen molar-refractivity contribution < 1.29 is 14.7 Å². The average Bonchev–Trinajstić information content (AvgIpc) is 2.81. The summed E-state index contributed by atoms with van der Waals surface area (Å²) in [5, 5.41) is 10.8. The predicted octanol–water partition coefficient (Wildman–Crippen LogP) is 2.39. The van der Waals surface area contributed by atoms with E-state index in [4.69, 9.17) is 5.11 Å². The van der Waals surface area contributed by atoms with Crippen LogP contribution in [0.5, 0.6) is 0 Å². The zero-order valence-electron chi connectivity index (χ0n) is 10.6. The maximum absolute atomic E-state index is 11.9. The van der Waals surface area contributed by atoms with Gasteiger partial charge in [0, 0.05) is 17.8 Å². The third kappa shape index (κ3) is 5.31. The number of aryl methyl sites for hydroxylation is 1. The quantitative estimate of drug-likeness (QED) is 0.788. The zero-order valence-corrected chi connectivity index (χ0v) is 11.4. The van der Waals surface area contributed by atoms with Gasteiger partial charge in [0.1, 0.15) is 6.54 Å². The van der Waals surface area contributed by atoms with Gasteiger partial charge in [0.05, 0.1) is 0 Å². The number of thiophene rings is 1. The van der Waals surface area contributed by atoms with Crippen molar-refractivity contribution in [3.05, 3.63) is 22.4 Å². The largest absolute Gasteiger partial charge is 0.480 e. The molecule has 0 atom stereocenters. The van der Waals surface area contributed by atoms with E-state index in [0.29, 0.717) is 13.0 Å². The van der Waals surface area contributed by atoms with Crippen LogP contribution in [0.2, 0.25) is 0 Å². The van der Waals surface area contributed by atoms with Gasteiger partial charge in [-0.25, -0.2) is 0 Å². The normalized spacial score (nSPS) is 10.3.